The molecule has 5 nitrogen and oxygen atoms in total. The van der Waals surface area contributed by atoms with Gasteiger partial charge in [0, 0.05) is 18.0 Å². The molecule has 2 aromatic carbocycles. The maximum Gasteiger partial charge on any atom is 0.259 e. The summed E-state index contributed by atoms with van der Waals surface area (Å²) in [6.07, 6.45) is 5.05. The van der Waals surface area contributed by atoms with Crippen molar-refractivity contribution in [2.75, 3.05) is 5.32 Å². The zero-order chi connectivity index (χ0) is 18.6. The Hall–Kier alpha value is -3.73. The maximum atomic E-state index is 12.9. The van der Waals surface area contributed by atoms with E-state index in [0.717, 1.165) is 11.3 Å². The number of benzene rings is 2. The van der Waals surface area contributed by atoms with Gasteiger partial charge in [-0.1, -0.05) is 48.0 Å². The number of aromatic nitrogens is 3. The molecular formula is C22H18N4O. The molecule has 0 aliphatic rings. The Kier molecular flexibility index (Phi) is 4.49. The minimum Gasteiger partial charge on any atom is -0.320 e. The molecular weight excluding hydrogens is 336 g/mol. The second kappa shape index (κ2) is 7.25. The fourth-order valence-corrected chi connectivity index (χ4v) is 2.81. The lowest BCUT2D eigenvalue weighted by Gasteiger charge is -2.04. The largest absolute Gasteiger partial charge is 0.320 e. The Bertz CT molecular complexity index is 1050. The maximum absolute atomic E-state index is 12.9. The third-order valence-corrected chi connectivity index (χ3v) is 4.22. The summed E-state index contributed by atoms with van der Waals surface area (Å²) in [7, 11) is 0. The highest BCUT2D eigenvalue weighted by Crippen LogP contribution is 2.24. The van der Waals surface area contributed by atoms with Crippen LogP contribution in [0, 0.1) is 6.92 Å². The first kappa shape index (κ1) is 16.7. The van der Waals surface area contributed by atoms with Crippen molar-refractivity contribution in [3.63, 3.8) is 0 Å². The number of carbonyl (C=O) groups is 1. The van der Waals surface area contributed by atoms with E-state index in [1.807, 2.05) is 61.5 Å². The predicted octanol–water partition coefficient (Wildman–Crippen LogP) is 4.50. The van der Waals surface area contributed by atoms with E-state index < -0.39 is 0 Å². The SMILES string of the molecule is Cc1ccc(-n2cc(C(=O)Nc3cccnc3)c(-c3ccccc3)n2)cc1. The van der Waals surface area contributed by atoms with Crippen LogP contribution in [0.4, 0.5) is 5.69 Å². The molecule has 1 N–H and O–H groups in total. The number of nitrogens with zero attached hydrogens (tertiary/aromatic N) is 3. The zero-order valence-electron chi connectivity index (χ0n) is 14.8. The van der Waals surface area contributed by atoms with Crippen molar-refractivity contribution in [1.82, 2.24) is 14.8 Å². The molecule has 0 bridgehead atoms. The zero-order valence-corrected chi connectivity index (χ0v) is 14.8. The van der Waals surface area contributed by atoms with Crippen molar-refractivity contribution in [2.45, 2.75) is 6.92 Å². The molecule has 4 aromatic rings. The van der Waals surface area contributed by atoms with Crippen molar-refractivity contribution < 1.29 is 4.79 Å². The Morgan fingerprint density at radius 1 is 0.963 bits per heavy atom. The van der Waals surface area contributed by atoms with E-state index in [0.29, 0.717) is 16.9 Å². The summed E-state index contributed by atoms with van der Waals surface area (Å²) in [6, 6.07) is 21.3. The molecule has 0 saturated heterocycles. The monoisotopic (exact) mass is 354 g/mol. The Balaban J connectivity index is 1.76. The van der Waals surface area contributed by atoms with Gasteiger partial charge in [0.25, 0.3) is 5.91 Å². The Morgan fingerprint density at radius 3 is 2.44 bits per heavy atom. The molecule has 2 aromatic heterocycles. The summed E-state index contributed by atoms with van der Waals surface area (Å²) in [6.45, 7) is 2.04. The van der Waals surface area contributed by atoms with Gasteiger partial charge in [-0.3, -0.25) is 9.78 Å². The normalized spacial score (nSPS) is 10.6. The van der Waals surface area contributed by atoms with Gasteiger partial charge in [0.1, 0.15) is 5.69 Å². The number of aryl methyl sites for hydroxylation is 1. The van der Waals surface area contributed by atoms with Gasteiger partial charge in [-0.25, -0.2) is 4.68 Å². The summed E-state index contributed by atoms with van der Waals surface area (Å²) in [5, 5.41) is 7.57. The molecule has 0 radical (unpaired) electrons. The van der Waals surface area contributed by atoms with Crippen LogP contribution in [0.3, 0.4) is 0 Å². The van der Waals surface area contributed by atoms with Gasteiger partial charge in [0.2, 0.25) is 0 Å². The molecule has 0 saturated carbocycles. The van der Waals surface area contributed by atoms with Crippen LogP contribution in [0.15, 0.2) is 85.3 Å². The number of anilines is 1. The highest BCUT2D eigenvalue weighted by atomic mass is 16.1. The van der Waals surface area contributed by atoms with E-state index in [2.05, 4.69) is 15.4 Å². The first-order chi connectivity index (χ1) is 13.2. The molecule has 0 atom stereocenters. The summed E-state index contributed by atoms with van der Waals surface area (Å²) in [5.41, 5.74) is 4.74. The summed E-state index contributed by atoms with van der Waals surface area (Å²) < 4.78 is 1.74. The number of pyridine rings is 1. The lowest BCUT2D eigenvalue weighted by molar-refractivity contribution is 0.102. The fourth-order valence-electron chi connectivity index (χ4n) is 2.81. The molecule has 1 amide bonds. The first-order valence-electron chi connectivity index (χ1n) is 8.64. The van der Waals surface area contributed by atoms with Crippen LogP contribution >= 0.6 is 0 Å². The van der Waals surface area contributed by atoms with Gasteiger partial charge < -0.3 is 5.32 Å². The van der Waals surface area contributed by atoms with Crippen molar-refractivity contribution in [1.29, 1.82) is 0 Å². The van der Waals surface area contributed by atoms with Crippen molar-refractivity contribution in [2.24, 2.45) is 0 Å². The van der Waals surface area contributed by atoms with E-state index in [-0.39, 0.29) is 5.91 Å². The van der Waals surface area contributed by atoms with E-state index in [9.17, 15) is 4.79 Å². The molecule has 4 rings (SSSR count). The quantitative estimate of drug-likeness (QED) is 0.587. The van der Waals surface area contributed by atoms with Crippen LogP contribution in [-0.4, -0.2) is 20.7 Å². The number of carbonyl (C=O) groups excluding carboxylic acids is 1. The lowest BCUT2D eigenvalue weighted by atomic mass is 10.1. The predicted molar refractivity (Wildman–Crippen MR) is 106 cm³/mol. The first-order valence-corrected chi connectivity index (χ1v) is 8.64. The summed E-state index contributed by atoms with van der Waals surface area (Å²) in [4.78, 5) is 17.0. The third kappa shape index (κ3) is 3.62. The van der Waals surface area contributed by atoms with Crippen LogP contribution in [0.2, 0.25) is 0 Å². The van der Waals surface area contributed by atoms with Crippen LogP contribution in [0.25, 0.3) is 16.9 Å². The average molecular weight is 354 g/mol. The van der Waals surface area contributed by atoms with Crippen LogP contribution in [0.1, 0.15) is 15.9 Å². The molecule has 0 fully saturated rings. The highest BCUT2D eigenvalue weighted by Gasteiger charge is 2.18. The standard InChI is InChI=1S/C22H18N4O/c1-16-9-11-19(12-10-16)26-15-20(21(25-26)17-6-3-2-4-7-17)22(27)24-18-8-5-13-23-14-18/h2-15H,1H3,(H,24,27). The minimum absolute atomic E-state index is 0.222. The molecule has 0 aliphatic carbocycles. The van der Waals surface area contributed by atoms with Gasteiger partial charge in [-0.2, -0.15) is 5.10 Å². The van der Waals surface area contributed by atoms with Gasteiger partial charge in [0.15, 0.2) is 0 Å². The number of amides is 1. The van der Waals surface area contributed by atoms with Gasteiger partial charge in [-0.15, -0.1) is 0 Å². The van der Waals surface area contributed by atoms with Gasteiger partial charge >= 0.3 is 0 Å². The molecule has 132 valence electrons. The van der Waals surface area contributed by atoms with E-state index in [1.54, 1.807) is 35.4 Å². The van der Waals surface area contributed by atoms with E-state index in [1.165, 1.54) is 5.56 Å². The number of rotatable bonds is 4. The molecule has 0 spiro atoms. The van der Waals surface area contributed by atoms with Crippen molar-refractivity contribution in [3.8, 4) is 16.9 Å². The summed E-state index contributed by atoms with van der Waals surface area (Å²) in [5.74, 6) is -0.222. The van der Waals surface area contributed by atoms with Gasteiger partial charge in [-0.05, 0) is 31.2 Å². The van der Waals surface area contributed by atoms with Crippen molar-refractivity contribution in [3.05, 3.63) is 96.4 Å². The van der Waals surface area contributed by atoms with E-state index >= 15 is 0 Å². The molecule has 0 unspecified atom stereocenters. The van der Waals surface area contributed by atoms with Gasteiger partial charge in [0.05, 0.1) is 23.1 Å². The highest BCUT2D eigenvalue weighted by molar-refractivity contribution is 6.08. The van der Waals surface area contributed by atoms with E-state index in [4.69, 9.17) is 0 Å². The second-order valence-electron chi connectivity index (χ2n) is 6.23. The third-order valence-electron chi connectivity index (χ3n) is 4.22. The fraction of sp³-hybridized carbons (Fsp3) is 0.0455. The molecule has 5 heteroatoms. The van der Waals surface area contributed by atoms with Crippen molar-refractivity contribution >= 4 is 11.6 Å². The number of hydrogen-bond donors (Lipinski definition) is 1. The van der Waals surface area contributed by atoms with Crippen LogP contribution < -0.4 is 5.32 Å². The lowest BCUT2D eigenvalue weighted by Crippen LogP contribution is -2.12. The minimum atomic E-state index is -0.222. The van der Waals surface area contributed by atoms with Crippen LogP contribution in [-0.2, 0) is 0 Å². The van der Waals surface area contributed by atoms with Crippen LogP contribution in [0.5, 0.6) is 0 Å². The summed E-state index contributed by atoms with van der Waals surface area (Å²) >= 11 is 0. The second-order valence-corrected chi connectivity index (χ2v) is 6.23. The number of nitrogens with one attached hydrogen (secondary N) is 1. The molecule has 2 heterocycles. The molecule has 0 aliphatic heterocycles. The smallest absolute Gasteiger partial charge is 0.259 e. The Labute approximate surface area is 157 Å². The topological polar surface area (TPSA) is 59.8 Å². The average Bonchev–Trinajstić information content (AvgIpc) is 3.16. The number of hydrogen-bond acceptors (Lipinski definition) is 3. The Morgan fingerprint density at radius 2 is 1.74 bits per heavy atom. The molecule has 27 heavy (non-hydrogen) atoms.